The second kappa shape index (κ2) is 7.06. The zero-order chi connectivity index (χ0) is 16.1. The number of hydrogen-bond donors (Lipinski definition) is 1. The lowest BCUT2D eigenvalue weighted by atomic mass is 10.1. The van der Waals surface area contributed by atoms with Crippen molar-refractivity contribution in [2.75, 3.05) is 19.6 Å². The third-order valence-corrected chi connectivity index (χ3v) is 3.79. The van der Waals surface area contributed by atoms with Crippen LogP contribution in [-0.4, -0.2) is 63.5 Å². The lowest BCUT2D eigenvalue weighted by molar-refractivity contribution is -0.145. The Morgan fingerprint density at radius 3 is 2.77 bits per heavy atom. The fourth-order valence-electron chi connectivity index (χ4n) is 2.72. The first kappa shape index (κ1) is 16.0. The maximum absolute atomic E-state index is 12.2. The van der Waals surface area contributed by atoms with Gasteiger partial charge >= 0.3 is 5.97 Å². The number of carboxylic acid groups (broad SMARTS) is 1. The van der Waals surface area contributed by atoms with E-state index in [0.717, 1.165) is 0 Å². The molecular formula is C14H19N3O5. The molecule has 8 nitrogen and oxygen atoms in total. The van der Waals surface area contributed by atoms with E-state index >= 15 is 0 Å². The lowest BCUT2D eigenvalue weighted by Crippen LogP contribution is -2.43. The molecule has 120 valence electrons. The highest BCUT2D eigenvalue weighted by molar-refractivity contribution is 5.92. The highest BCUT2D eigenvalue weighted by atomic mass is 16.5. The molecule has 0 aliphatic carbocycles. The van der Waals surface area contributed by atoms with Crippen molar-refractivity contribution in [3.8, 4) is 0 Å². The summed E-state index contributed by atoms with van der Waals surface area (Å²) in [5.74, 6) is -1.50. The summed E-state index contributed by atoms with van der Waals surface area (Å²) in [6, 6.07) is 1.35. The summed E-state index contributed by atoms with van der Waals surface area (Å²) >= 11 is 0. The number of rotatable bonds is 4. The molecule has 1 aromatic heterocycles. The van der Waals surface area contributed by atoms with Crippen LogP contribution in [0.4, 0.5) is 0 Å². The van der Waals surface area contributed by atoms with Gasteiger partial charge in [-0.15, -0.1) is 0 Å². The number of aromatic nitrogens is 1. The standard InChI is InChI=1S/C14H19N3O5/c1-10(18)17(9-13(19)20)11-3-2-6-16(7-4-11)14(21)12-5-8-22-15-12/h5,8,11H,2-4,6-7,9H2,1H3,(H,19,20). The molecule has 0 bridgehead atoms. The molecule has 0 radical (unpaired) electrons. The second-order valence-corrected chi connectivity index (χ2v) is 5.30. The quantitative estimate of drug-likeness (QED) is 0.873. The summed E-state index contributed by atoms with van der Waals surface area (Å²) in [6.45, 7) is 2.07. The third-order valence-electron chi connectivity index (χ3n) is 3.79. The summed E-state index contributed by atoms with van der Waals surface area (Å²) < 4.78 is 4.68. The van der Waals surface area contributed by atoms with Gasteiger partial charge in [0, 0.05) is 32.1 Å². The summed E-state index contributed by atoms with van der Waals surface area (Å²) in [5.41, 5.74) is 0.257. The van der Waals surface area contributed by atoms with E-state index in [2.05, 4.69) is 9.68 Å². The van der Waals surface area contributed by atoms with Crippen molar-refractivity contribution in [3.05, 3.63) is 18.0 Å². The fraction of sp³-hybridized carbons (Fsp3) is 0.571. The van der Waals surface area contributed by atoms with E-state index < -0.39 is 5.97 Å². The molecule has 1 aliphatic rings. The van der Waals surface area contributed by atoms with Crippen LogP contribution in [0.2, 0.25) is 0 Å². The maximum atomic E-state index is 12.2. The Labute approximate surface area is 127 Å². The van der Waals surface area contributed by atoms with Crippen LogP contribution in [0, 0.1) is 0 Å². The SMILES string of the molecule is CC(=O)N(CC(=O)O)C1CCCN(C(=O)c2ccon2)CC1. The molecule has 22 heavy (non-hydrogen) atoms. The van der Waals surface area contributed by atoms with E-state index in [4.69, 9.17) is 5.11 Å². The second-order valence-electron chi connectivity index (χ2n) is 5.30. The Hall–Kier alpha value is -2.38. The van der Waals surface area contributed by atoms with Crippen LogP contribution in [0.3, 0.4) is 0 Å². The minimum Gasteiger partial charge on any atom is -0.480 e. The number of aliphatic carboxylic acids is 1. The van der Waals surface area contributed by atoms with Gasteiger partial charge in [0.15, 0.2) is 5.69 Å². The number of amides is 2. The molecule has 1 saturated heterocycles. The average molecular weight is 309 g/mol. The van der Waals surface area contributed by atoms with Crippen molar-refractivity contribution < 1.29 is 24.0 Å². The van der Waals surface area contributed by atoms with Crippen LogP contribution in [-0.2, 0) is 9.59 Å². The first-order valence-electron chi connectivity index (χ1n) is 7.17. The molecule has 2 rings (SSSR count). The van der Waals surface area contributed by atoms with Crippen molar-refractivity contribution in [2.24, 2.45) is 0 Å². The van der Waals surface area contributed by atoms with E-state index in [9.17, 15) is 14.4 Å². The highest BCUT2D eigenvalue weighted by Crippen LogP contribution is 2.18. The van der Waals surface area contributed by atoms with Crippen molar-refractivity contribution in [3.63, 3.8) is 0 Å². The van der Waals surface area contributed by atoms with Gasteiger partial charge in [-0.25, -0.2) is 0 Å². The zero-order valence-electron chi connectivity index (χ0n) is 12.4. The molecule has 0 aromatic carbocycles. The van der Waals surface area contributed by atoms with E-state index in [-0.39, 0.29) is 30.1 Å². The summed E-state index contributed by atoms with van der Waals surface area (Å²) in [7, 11) is 0. The predicted molar refractivity (Wildman–Crippen MR) is 75.1 cm³/mol. The number of likely N-dealkylation sites (tertiary alicyclic amines) is 1. The molecule has 2 amide bonds. The predicted octanol–water partition coefficient (Wildman–Crippen LogP) is 0.602. The Kier molecular flexibility index (Phi) is 5.13. The van der Waals surface area contributed by atoms with Crippen molar-refractivity contribution in [1.29, 1.82) is 0 Å². The van der Waals surface area contributed by atoms with Gasteiger partial charge in [0.05, 0.1) is 0 Å². The monoisotopic (exact) mass is 309 g/mol. The first-order chi connectivity index (χ1) is 10.5. The number of carbonyl (C=O) groups is 3. The Balaban J connectivity index is 2.01. The van der Waals surface area contributed by atoms with Crippen LogP contribution in [0.5, 0.6) is 0 Å². The minimum atomic E-state index is -1.03. The molecule has 1 N–H and O–H groups in total. The molecule has 1 aromatic rings. The normalized spacial score (nSPS) is 18.6. The zero-order valence-corrected chi connectivity index (χ0v) is 12.4. The van der Waals surface area contributed by atoms with Crippen LogP contribution in [0.25, 0.3) is 0 Å². The van der Waals surface area contributed by atoms with Gasteiger partial charge in [-0.05, 0) is 19.3 Å². The molecule has 1 atom stereocenters. The Morgan fingerprint density at radius 1 is 1.41 bits per heavy atom. The summed E-state index contributed by atoms with van der Waals surface area (Å²) in [6.07, 6.45) is 3.28. The third kappa shape index (κ3) is 3.84. The van der Waals surface area contributed by atoms with Crippen LogP contribution in [0.1, 0.15) is 36.7 Å². The van der Waals surface area contributed by atoms with Gasteiger partial charge in [-0.1, -0.05) is 5.16 Å². The number of carboxylic acids is 1. The number of nitrogens with zero attached hydrogens (tertiary/aromatic N) is 3. The van der Waals surface area contributed by atoms with Gasteiger partial charge in [-0.2, -0.15) is 0 Å². The summed E-state index contributed by atoms with van der Waals surface area (Å²) in [4.78, 5) is 37.8. The van der Waals surface area contributed by atoms with Gasteiger partial charge in [-0.3, -0.25) is 14.4 Å². The molecule has 1 aliphatic heterocycles. The first-order valence-corrected chi connectivity index (χ1v) is 7.17. The van der Waals surface area contributed by atoms with E-state index in [1.54, 1.807) is 4.90 Å². The number of hydrogen-bond acceptors (Lipinski definition) is 5. The van der Waals surface area contributed by atoms with Crippen molar-refractivity contribution in [1.82, 2.24) is 15.0 Å². The molecule has 1 unspecified atom stereocenters. The van der Waals surface area contributed by atoms with E-state index in [1.807, 2.05) is 0 Å². The number of carbonyl (C=O) groups excluding carboxylic acids is 2. The van der Waals surface area contributed by atoms with Crippen LogP contribution >= 0.6 is 0 Å². The van der Waals surface area contributed by atoms with Crippen LogP contribution in [0.15, 0.2) is 16.9 Å². The Bertz CT molecular complexity index is 543. The molecule has 0 spiro atoms. The van der Waals surface area contributed by atoms with Crippen LogP contribution < -0.4 is 0 Å². The van der Waals surface area contributed by atoms with Crippen molar-refractivity contribution >= 4 is 17.8 Å². The molecule has 8 heteroatoms. The highest BCUT2D eigenvalue weighted by Gasteiger charge is 2.28. The maximum Gasteiger partial charge on any atom is 0.323 e. The Morgan fingerprint density at radius 2 is 2.18 bits per heavy atom. The van der Waals surface area contributed by atoms with Gasteiger partial charge in [0.2, 0.25) is 5.91 Å². The average Bonchev–Trinajstić information content (AvgIpc) is 2.89. The molecular weight excluding hydrogens is 290 g/mol. The lowest BCUT2D eigenvalue weighted by Gasteiger charge is -2.28. The summed E-state index contributed by atoms with van der Waals surface area (Å²) in [5, 5.41) is 12.6. The minimum absolute atomic E-state index is 0.163. The van der Waals surface area contributed by atoms with E-state index in [1.165, 1.54) is 24.2 Å². The van der Waals surface area contributed by atoms with Crippen molar-refractivity contribution in [2.45, 2.75) is 32.2 Å². The smallest absolute Gasteiger partial charge is 0.323 e. The molecule has 2 heterocycles. The molecule has 0 saturated carbocycles. The largest absolute Gasteiger partial charge is 0.480 e. The van der Waals surface area contributed by atoms with Gasteiger partial charge in [0.25, 0.3) is 5.91 Å². The molecule has 1 fully saturated rings. The van der Waals surface area contributed by atoms with Gasteiger partial charge < -0.3 is 19.4 Å². The van der Waals surface area contributed by atoms with E-state index in [0.29, 0.717) is 32.4 Å². The van der Waals surface area contributed by atoms with Gasteiger partial charge in [0.1, 0.15) is 12.8 Å². The fourth-order valence-corrected chi connectivity index (χ4v) is 2.72. The topological polar surface area (TPSA) is 104 Å².